The molecule has 0 saturated carbocycles. The lowest BCUT2D eigenvalue weighted by Crippen LogP contribution is -2.25. The molecule has 0 fully saturated rings. The van der Waals surface area contributed by atoms with Gasteiger partial charge in [-0.25, -0.2) is 0 Å². The predicted octanol–water partition coefficient (Wildman–Crippen LogP) is -0.363. The first-order valence-electron chi connectivity index (χ1n) is 5.81. The van der Waals surface area contributed by atoms with Gasteiger partial charge in [-0.1, -0.05) is 0 Å². The monoisotopic (exact) mass is 270 g/mol. The summed E-state index contributed by atoms with van der Waals surface area (Å²) in [5.41, 5.74) is 5.64. The number of ether oxygens (including phenoxy) is 3. The SMILES string of the molecule is COCCOCCOC(=O)Cn1cc(N)ccc1=O. The summed E-state index contributed by atoms with van der Waals surface area (Å²) in [4.78, 5) is 22.9. The maximum atomic E-state index is 11.5. The summed E-state index contributed by atoms with van der Waals surface area (Å²) >= 11 is 0. The van der Waals surface area contributed by atoms with Gasteiger partial charge in [0, 0.05) is 25.1 Å². The van der Waals surface area contributed by atoms with Crippen molar-refractivity contribution >= 4 is 11.7 Å². The number of nitrogens with two attached hydrogens (primary N) is 1. The number of rotatable bonds is 8. The molecule has 1 aromatic rings. The van der Waals surface area contributed by atoms with Crippen LogP contribution in [0.4, 0.5) is 5.69 Å². The summed E-state index contributed by atoms with van der Waals surface area (Å²) in [5, 5.41) is 0. The van der Waals surface area contributed by atoms with Gasteiger partial charge in [0.2, 0.25) is 0 Å². The predicted molar refractivity (Wildman–Crippen MR) is 68.8 cm³/mol. The Hall–Kier alpha value is -1.86. The van der Waals surface area contributed by atoms with Gasteiger partial charge >= 0.3 is 5.97 Å². The smallest absolute Gasteiger partial charge is 0.326 e. The third kappa shape index (κ3) is 6.03. The molecular weight excluding hydrogens is 252 g/mol. The van der Waals surface area contributed by atoms with E-state index in [0.29, 0.717) is 25.5 Å². The molecule has 0 aromatic carbocycles. The highest BCUT2D eigenvalue weighted by molar-refractivity contribution is 5.69. The van der Waals surface area contributed by atoms with Crippen LogP contribution in [-0.4, -0.2) is 44.1 Å². The minimum atomic E-state index is -0.511. The average molecular weight is 270 g/mol. The maximum absolute atomic E-state index is 11.5. The highest BCUT2D eigenvalue weighted by Crippen LogP contribution is 1.96. The summed E-state index contributed by atoms with van der Waals surface area (Å²) < 4.78 is 16.0. The van der Waals surface area contributed by atoms with Gasteiger partial charge in [-0.3, -0.25) is 9.59 Å². The van der Waals surface area contributed by atoms with Crippen LogP contribution in [0, 0.1) is 0 Å². The van der Waals surface area contributed by atoms with E-state index in [4.69, 9.17) is 19.9 Å². The van der Waals surface area contributed by atoms with Crippen molar-refractivity contribution in [1.82, 2.24) is 4.57 Å². The van der Waals surface area contributed by atoms with Gasteiger partial charge in [-0.2, -0.15) is 0 Å². The van der Waals surface area contributed by atoms with Crippen molar-refractivity contribution in [1.29, 1.82) is 0 Å². The molecule has 1 rings (SSSR count). The third-order valence-electron chi connectivity index (χ3n) is 2.23. The largest absolute Gasteiger partial charge is 0.462 e. The molecule has 0 aliphatic heterocycles. The Morgan fingerprint density at radius 1 is 1.26 bits per heavy atom. The first-order chi connectivity index (χ1) is 9.13. The van der Waals surface area contributed by atoms with Crippen LogP contribution in [0.5, 0.6) is 0 Å². The number of nitrogens with zero attached hydrogens (tertiary/aromatic N) is 1. The molecule has 0 radical (unpaired) electrons. The zero-order valence-electron chi connectivity index (χ0n) is 10.8. The number of nitrogen functional groups attached to an aromatic ring is 1. The van der Waals surface area contributed by atoms with Crippen LogP contribution >= 0.6 is 0 Å². The van der Waals surface area contributed by atoms with Gasteiger partial charge in [0.25, 0.3) is 5.56 Å². The van der Waals surface area contributed by atoms with Crippen LogP contribution in [0.15, 0.2) is 23.1 Å². The number of esters is 1. The zero-order valence-corrected chi connectivity index (χ0v) is 10.8. The Balaban J connectivity index is 2.27. The minimum absolute atomic E-state index is 0.139. The highest BCUT2D eigenvalue weighted by atomic mass is 16.6. The van der Waals surface area contributed by atoms with Gasteiger partial charge < -0.3 is 24.5 Å². The first kappa shape index (κ1) is 15.2. The summed E-state index contributed by atoms with van der Waals surface area (Å²) in [6.07, 6.45) is 1.40. The molecule has 0 aliphatic carbocycles. The number of hydrogen-bond acceptors (Lipinski definition) is 6. The van der Waals surface area contributed by atoms with Gasteiger partial charge in [0.05, 0.1) is 19.8 Å². The van der Waals surface area contributed by atoms with E-state index in [2.05, 4.69) is 0 Å². The van der Waals surface area contributed by atoms with Crippen molar-refractivity contribution in [2.24, 2.45) is 0 Å². The van der Waals surface area contributed by atoms with E-state index in [9.17, 15) is 9.59 Å². The van der Waals surface area contributed by atoms with Crippen molar-refractivity contribution < 1.29 is 19.0 Å². The Kier molecular flexibility index (Phi) is 6.62. The van der Waals surface area contributed by atoms with Crippen molar-refractivity contribution in [2.45, 2.75) is 6.54 Å². The molecular formula is C12H18N2O5. The molecule has 0 bridgehead atoms. The molecule has 19 heavy (non-hydrogen) atoms. The fourth-order valence-corrected chi connectivity index (χ4v) is 1.32. The van der Waals surface area contributed by atoms with E-state index < -0.39 is 5.97 Å². The molecule has 106 valence electrons. The Morgan fingerprint density at radius 2 is 2.00 bits per heavy atom. The van der Waals surface area contributed by atoms with E-state index in [-0.39, 0.29) is 18.7 Å². The quantitative estimate of drug-likeness (QED) is 0.512. The number of aromatic nitrogens is 1. The lowest BCUT2D eigenvalue weighted by atomic mass is 10.4. The normalized spacial score (nSPS) is 10.4. The Bertz CT molecular complexity index is 458. The fraction of sp³-hybridized carbons (Fsp3) is 0.500. The standard InChI is InChI=1S/C12H18N2O5/c1-17-4-5-18-6-7-19-12(16)9-14-8-10(13)2-3-11(14)15/h2-3,8H,4-7,9,13H2,1H3. The van der Waals surface area contributed by atoms with Gasteiger partial charge in [-0.15, -0.1) is 0 Å². The second kappa shape index (κ2) is 8.28. The van der Waals surface area contributed by atoms with Crippen LogP contribution < -0.4 is 11.3 Å². The molecule has 1 aromatic heterocycles. The van der Waals surface area contributed by atoms with E-state index in [0.717, 1.165) is 0 Å². The van der Waals surface area contributed by atoms with Crippen molar-refractivity contribution in [3.05, 3.63) is 28.7 Å². The van der Waals surface area contributed by atoms with Gasteiger partial charge in [0.1, 0.15) is 13.2 Å². The topological polar surface area (TPSA) is 92.8 Å². The second-order valence-corrected chi connectivity index (χ2v) is 3.75. The first-order valence-corrected chi connectivity index (χ1v) is 5.81. The number of anilines is 1. The number of carbonyl (C=O) groups excluding carboxylic acids is 1. The van der Waals surface area contributed by atoms with Gasteiger partial charge in [-0.05, 0) is 6.07 Å². The van der Waals surface area contributed by atoms with Crippen LogP contribution in [0.25, 0.3) is 0 Å². The van der Waals surface area contributed by atoms with Crippen LogP contribution in [0.1, 0.15) is 0 Å². The lowest BCUT2D eigenvalue weighted by molar-refractivity contribution is -0.146. The van der Waals surface area contributed by atoms with Crippen molar-refractivity contribution in [2.75, 3.05) is 39.3 Å². The zero-order chi connectivity index (χ0) is 14.1. The molecule has 0 spiro atoms. The minimum Gasteiger partial charge on any atom is -0.462 e. The van der Waals surface area contributed by atoms with Crippen LogP contribution in [-0.2, 0) is 25.5 Å². The molecule has 7 heteroatoms. The molecule has 0 unspecified atom stereocenters. The van der Waals surface area contributed by atoms with Crippen LogP contribution in [0.3, 0.4) is 0 Å². The highest BCUT2D eigenvalue weighted by Gasteiger charge is 2.05. The average Bonchev–Trinajstić information content (AvgIpc) is 2.38. The molecule has 0 aliphatic rings. The molecule has 0 atom stereocenters. The van der Waals surface area contributed by atoms with E-state index in [1.807, 2.05) is 0 Å². The molecule has 2 N–H and O–H groups in total. The maximum Gasteiger partial charge on any atom is 0.326 e. The molecule has 0 amide bonds. The van der Waals surface area contributed by atoms with Crippen LogP contribution in [0.2, 0.25) is 0 Å². The number of pyridine rings is 1. The van der Waals surface area contributed by atoms with Crippen molar-refractivity contribution in [3.63, 3.8) is 0 Å². The molecule has 7 nitrogen and oxygen atoms in total. The number of carbonyl (C=O) groups is 1. The molecule has 0 saturated heterocycles. The second-order valence-electron chi connectivity index (χ2n) is 3.75. The fourth-order valence-electron chi connectivity index (χ4n) is 1.32. The third-order valence-corrected chi connectivity index (χ3v) is 2.23. The summed E-state index contributed by atoms with van der Waals surface area (Å²) in [7, 11) is 1.58. The summed E-state index contributed by atoms with van der Waals surface area (Å²) in [5.74, 6) is -0.511. The Labute approximate surface area is 110 Å². The van der Waals surface area contributed by atoms with E-state index in [1.54, 1.807) is 7.11 Å². The van der Waals surface area contributed by atoms with Crippen molar-refractivity contribution in [3.8, 4) is 0 Å². The lowest BCUT2D eigenvalue weighted by Gasteiger charge is -2.07. The number of hydrogen-bond donors (Lipinski definition) is 1. The summed E-state index contributed by atoms with van der Waals surface area (Å²) in [6, 6.07) is 2.78. The van der Waals surface area contributed by atoms with E-state index in [1.165, 1.54) is 22.9 Å². The Morgan fingerprint density at radius 3 is 2.74 bits per heavy atom. The molecule has 1 heterocycles. The van der Waals surface area contributed by atoms with Gasteiger partial charge in [0.15, 0.2) is 0 Å². The summed E-state index contributed by atoms with van der Waals surface area (Å²) in [6.45, 7) is 1.21. The number of methoxy groups -OCH3 is 1. The van der Waals surface area contributed by atoms with E-state index >= 15 is 0 Å².